The molecule has 0 aliphatic carbocycles. The summed E-state index contributed by atoms with van der Waals surface area (Å²) in [5.41, 5.74) is 0. The number of thioether (sulfide) groups is 1. The monoisotopic (exact) mass is 158 g/mol. The van der Waals surface area contributed by atoms with Gasteiger partial charge in [-0.1, -0.05) is 32.8 Å². The number of unbranched alkanes of at least 4 members (excludes halogenated alkanes) is 3. The van der Waals surface area contributed by atoms with E-state index in [9.17, 15) is 0 Å². The van der Waals surface area contributed by atoms with E-state index in [1.165, 1.54) is 31.4 Å². The van der Waals surface area contributed by atoms with Gasteiger partial charge in [-0.25, -0.2) is 0 Å². The number of hydrogen-bond donors (Lipinski definition) is 0. The lowest BCUT2D eigenvalue weighted by Gasteiger charge is -1.90. The van der Waals surface area contributed by atoms with Crippen molar-refractivity contribution in [3.63, 3.8) is 0 Å². The van der Waals surface area contributed by atoms with Gasteiger partial charge in [0.25, 0.3) is 0 Å². The fourth-order valence-electron chi connectivity index (χ4n) is 0.744. The number of rotatable bonds is 6. The Bertz CT molecular complexity index is 76.8. The van der Waals surface area contributed by atoms with E-state index < -0.39 is 0 Å². The molecule has 10 heavy (non-hydrogen) atoms. The van der Waals surface area contributed by atoms with E-state index in [0.717, 1.165) is 0 Å². The predicted molar refractivity (Wildman–Crippen MR) is 51.4 cm³/mol. The molecule has 0 heterocycles. The molecule has 0 aromatic carbocycles. The van der Waals surface area contributed by atoms with Crippen LogP contribution in [-0.2, 0) is 0 Å². The van der Waals surface area contributed by atoms with Crippen LogP contribution in [-0.4, -0.2) is 5.75 Å². The smallest absolute Gasteiger partial charge is 0.00546 e. The second-order valence-corrected chi connectivity index (χ2v) is 3.51. The van der Waals surface area contributed by atoms with Crippen molar-refractivity contribution in [1.82, 2.24) is 0 Å². The minimum Gasteiger partial charge on any atom is -0.135 e. The van der Waals surface area contributed by atoms with Gasteiger partial charge in [0.2, 0.25) is 0 Å². The summed E-state index contributed by atoms with van der Waals surface area (Å²) in [6.07, 6.45) is 7.61. The first kappa shape index (κ1) is 10.1. The zero-order valence-corrected chi connectivity index (χ0v) is 7.91. The molecule has 0 rings (SSSR count). The molecule has 0 aromatic rings. The SMILES string of the molecule is CCCCC/C=C/SCC. The fourth-order valence-corrected chi connectivity index (χ4v) is 1.21. The van der Waals surface area contributed by atoms with E-state index in [1.54, 1.807) is 0 Å². The maximum absolute atomic E-state index is 2.28. The molecule has 0 aliphatic heterocycles. The number of hydrogen-bond acceptors (Lipinski definition) is 1. The zero-order chi connectivity index (χ0) is 7.66. The quantitative estimate of drug-likeness (QED) is 0.529. The normalized spacial score (nSPS) is 11.0. The van der Waals surface area contributed by atoms with Crippen LogP contribution >= 0.6 is 11.8 Å². The Hall–Kier alpha value is 0.0900. The molecular weight excluding hydrogens is 140 g/mol. The Balaban J connectivity index is 2.88. The van der Waals surface area contributed by atoms with Crippen molar-refractivity contribution in [2.24, 2.45) is 0 Å². The third-order valence-corrected chi connectivity index (χ3v) is 2.05. The summed E-state index contributed by atoms with van der Waals surface area (Å²) in [7, 11) is 0. The van der Waals surface area contributed by atoms with Crippen LogP contribution < -0.4 is 0 Å². The third-order valence-electron chi connectivity index (χ3n) is 1.33. The Morgan fingerprint density at radius 1 is 1.20 bits per heavy atom. The van der Waals surface area contributed by atoms with Gasteiger partial charge in [0, 0.05) is 0 Å². The number of allylic oxidation sites excluding steroid dienone is 1. The molecule has 0 aromatic heterocycles. The van der Waals surface area contributed by atoms with Gasteiger partial charge in [0.1, 0.15) is 0 Å². The van der Waals surface area contributed by atoms with Crippen LogP contribution in [0.1, 0.15) is 39.5 Å². The minimum atomic E-state index is 1.20. The Kier molecular flexibility index (Phi) is 9.17. The highest BCUT2D eigenvalue weighted by Gasteiger charge is 1.80. The molecule has 0 amide bonds. The third kappa shape index (κ3) is 8.09. The van der Waals surface area contributed by atoms with Crippen LogP contribution in [0.15, 0.2) is 11.5 Å². The lowest BCUT2D eigenvalue weighted by Crippen LogP contribution is -1.69. The maximum Gasteiger partial charge on any atom is -0.00546 e. The molecule has 0 saturated carbocycles. The molecule has 0 saturated heterocycles. The van der Waals surface area contributed by atoms with E-state index in [1.807, 2.05) is 11.8 Å². The van der Waals surface area contributed by atoms with E-state index >= 15 is 0 Å². The van der Waals surface area contributed by atoms with Crippen molar-refractivity contribution >= 4 is 11.8 Å². The van der Waals surface area contributed by atoms with Gasteiger partial charge in [-0.15, -0.1) is 11.8 Å². The standard InChI is InChI=1S/C9H18S/c1-3-5-6-7-8-9-10-4-2/h8-9H,3-7H2,1-2H3/b9-8+. The zero-order valence-electron chi connectivity index (χ0n) is 7.10. The summed E-state index contributed by atoms with van der Waals surface area (Å²) in [5, 5.41) is 2.22. The summed E-state index contributed by atoms with van der Waals surface area (Å²) < 4.78 is 0. The molecule has 0 atom stereocenters. The first-order valence-electron chi connectivity index (χ1n) is 4.18. The lowest BCUT2D eigenvalue weighted by atomic mass is 10.2. The molecular formula is C9H18S. The average Bonchev–Trinajstić information content (AvgIpc) is 1.97. The molecule has 0 unspecified atom stereocenters. The van der Waals surface area contributed by atoms with Crippen LogP contribution in [0, 0.1) is 0 Å². The second-order valence-electron chi connectivity index (χ2n) is 2.32. The molecule has 0 fully saturated rings. The van der Waals surface area contributed by atoms with Crippen LogP contribution in [0.25, 0.3) is 0 Å². The van der Waals surface area contributed by atoms with Crippen LogP contribution in [0.2, 0.25) is 0 Å². The van der Waals surface area contributed by atoms with Gasteiger partial charge in [0.15, 0.2) is 0 Å². The molecule has 0 nitrogen and oxygen atoms in total. The van der Waals surface area contributed by atoms with Crippen molar-refractivity contribution in [3.8, 4) is 0 Å². The van der Waals surface area contributed by atoms with Crippen molar-refractivity contribution in [3.05, 3.63) is 11.5 Å². The van der Waals surface area contributed by atoms with Gasteiger partial charge < -0.3 is 0 Å². The Morgan fingerprint density at radius 2 is 2.00 bits per heavy atom. The van der Waals surface area contributed by atoms with Crippen molar-refractivity contribution in [2.45, 2.75) is 39.5 Å². The van der Waals surface area contributed by atoms with Gasteiger partial charge >= 0.3 is 0 Å². The van der Waals surface area contributed by atoms with Gasteiger partial charge in [-0.3, -0.25) is 0 Å². The van der Waals surface area contributed by atoms with Crippen molar-refractivity contribution < 1.29 is 0 Å². The highest BCUT2D eigenvalue weighted by atomic mass is 32.2. The van der Waals surface area contributed by atoms with Crippen LogP contribution in [0.4, 0.5) is 0 Å². The van der Waals surface area contributed by atoms with Crippen LogP contribution in [0.3, 0.4) is 0 Å². The van der Waals surface area contributed by atoms with Crippen molar-refractivity contribution in [2.75, 3.05) is 5.75 Å². The fraction of sp³-hybridized carbons (Fsp3) is 0.778. The van der Waals surface area contributed by atoms with E-state index in [0.29, 0.717) is 0 Å². The summed E-state index contributed by atoms with van der Waals surface area (Å²) in [4.78, 5) is 0. The second kappa shape index (κ2) is 9.09. The van der Waals surface area contributed by atoms with Gasteiger partial charge in [-0.2, -0.15) is 0 Å². The average molecular weight is 158 g/mol. The van der Waals surface area contributed by atoms with E-state index in [4.69, 9.17) is 0 Å². The maximum atomic E-state index is 2.28. The van der Waals surface area contributed by atoms with Crippen LogP contribution in [0.5, 0.6) is 0 Å². The highest BCUT2D eigenvalue weighted by Crippen LogP contribution is 2.04. The predicted octanol–water partition coefficient (Wildman–Crippen LogP) is 3.83. The topological polar surface area (TPSA) is 0 Å². The molecule has 60 valence electrons. The first-order valence-corrected chi connectivity index (χ1v) is 5.23. The molecule has 0 N–H and O–H groups in total. The Morgan fingerprint density at radius 3 is 2.60 bits per heavy atom. The largest absolute Gasteiger partial charge is 0.135 e. The van der Waals surface area contributed by atoms with E-state index in [-0.39, 0.29) is 0 Å². The van der Waals surface area contributed by atoms with E-state index in [2.05, 4.69) is 25.3 Å². The van der Waals surface area contributed by atoms with Crippen molar-refractivity contribution in [1.29, 1.82) is 0 Å². The van der Waals surface area contributed by atoms with Gasteiger partial charge in [-0.05, 0) is 24.0 Å². The minimum absolute atomic E-state index is 1.20. The summed E-state index contributed by atoms with van der Waals surface area (Å²) >= 11 is 1.89. The molecule has 0 aliphatic rings. The highest BCUT2D eigenvalue weighted by molar-refractivity contribution is 8.02. The van der Waals surface area contributed by atoms with Gasteiger partial charge in [0.05, 0.1) is 0 Å². The first-order chi connectivity index (χ1) is 4.91. The summed E-state index contributed by atoms with van der Waals surface area (Å²) in [5.74, 6) is 1.20. The molecule has 0 bridgehead atoms. The molecule has 0 radical (unpaired) electrons. The Labute approximate surface area is 69.1 Å². The summed E-state index contributed by atoms with van der Waals surface area (Å²) in [6.45, 7) is 4.42. The molecule has 0 spiro atoms. The summed E-state index contributed by atoms with van der Waals surface area (Å²) in [6, 6.07) is 0. The molecule has 1 heteroatoms. The lowest BCUT2D eigenvalue weighted by molar-refractivity contribution is 0.729.